The van der Waals surface area contributed by atoms with Crippen LogP contribution in [0.25, 0.3) is 0 Å². The van der Waals surface area contributed by atoms with Crippen LogP contribution in [0.3, 0.4) is 0 Å². The van der Waals surface area contributed by atoms with Gasteiger partial charge in [-0.1, -0.05) is 17.7 Å². The van der Waals surface area contributed by atoms with Gasteiger partial charge in [-0.05, 0) is 24.6 Å². The van der Waals surface area contributed by atoms with Crippen molar-refractivity contribution >= 4 is 46.1 Å². The highest BCUT2D eigenvalue weighted by Crippen LogP contribution is 2.20. The van der Waals surface area contributed by atoms with E-state index in [9.17, 15) is 4.79 Å². The van der Waals surface area contributed by atoms with E-state index >= 15 is 0 Å². The van der Waals surface area contributed by atoms with Gasteiger partial charge in [0.2, 0.25) is 5.91 Å². The lowest BCUT2D eigenvalue weighted by Crippen LogP contribution is -2.15. The van der Waals surface area contributed by atoms with Gasteiger partial charge in [-0.3, -0.25) is 4.79 Å². The summed E-state index contributed by atoms with van der Waals surface area (Å²) >= 11 is 13.0. The molecule has 6 heteroatoms. The number of anilines is 1. The number of hydrogen-bond donors (Lipinski definition) is 1. The maximum Gasteiger partial charge on any atom is 0.231 e. The summed E-state index contributed by atoms with van der Waals surface area (Å²) in [6.45, 7) is 1.92. The summed E-state index contributed by atoms with van der Waals surface area (Å²) in [5.74, 6) is 0.256. The van der Waals surface area contributed by atoms with Crippen LogP contribution in [0.1, 0.15) is 16.3 Å². The Morgan fingerprint density at radius 3 is 2.95 bits per heavy atom. The number of benzene rings is 1. The molecule has 0 bridgehead atoms. The van der Waals surface area contributed by atoms with Crippen LogP contribution in [0.2, 0.25) is 5.02 Å². The number of amides is 1. The van der Waals surface area contributed by atoms with Crippen molar-refractivity contribution in [3.63, 3.8) is 0 Å². The maximum atomic E-state index is 11.9. The number of aryl methyl sites for hydroxylation is 1. The predicted molar refractivity (Wildman–Crippen MR) is 80.2 cm³/mol. The zero-order valence-electron chi connectivity index (χ0n) is 10.2. The zero-order valence-corrected chi connectivity index (χ0v) is 12.6. The monoisotopic (exact) mass is 314 g/mol. The predicted octanol–water partition coefficient (Wildman–Crippen LogP) is 4.02. The van der Waals surface area contributed by atoms with E-state index in [4.69, 9.17) is 23.2 Å². The molecule has 1 aromatic carbocycles. The summed E-state index contributed by atoms with van der Waals surface area (Å²) in [7, 11) is 0. The van der Waals surface area contributed by atoms with E-state index in [1.807, 2.05) is 18.4 Å². The molecular formula is C13H12Cl2N2OS. The SMILES string of the molecule is Cc1ccc(Cl)cc1NC(=O)Cc1nc(CCl)cs1. The van der Waals surface area contributed by atoms with Gasteiger partial charge in [-0.15, -0.1) is 22.9 Å². The minimum atomic E-state index is -0.110. The topological polar surface area (TPSA) is 42.0 Å². The fourth-order valence-corrected chi connectivity index (χ4v) is 2.75. The number of hydrogen-bond acceptors (Lipinski definition) is 3. The molecule has 100 valence electrons. The number of carbonyl (C=O) groups is 1. The smallest absolute Gasteiger partial charge is 0.231 e. The Hall–Kier alpha value is -1.10. The highest BCUT2D eigenvalue weighted by Gasteiger charge is 2.09. The summed E-state index contributed by atoms with van der Waals surface area (Å²) in [4.78, 5) is 16.2. The maximum absolute atomic E-state index is 11.9. The van der Waals surface area contributed by atoms with Crippen LogP contribution in [-0.4, -0.2) is 10.9 Å². The zero-order chi connectivity index (χ0) is 13.8. The molecule has 0 aliphatic carbocycles. The summed E-state index contributed by atoms with van der Waals surface area (Å²) in [6, 6.07) is 5.40. The number of thiazole rings is 1. The molecule has 0 fully saturated rings. The van der Waals surface area contributed by atoms with Gasteiger partial charge >= 0.3 is 0 Å². The van der Waals surface area contributed by atoms with Crippen LogP contribution in [-0.2, 0) is 17.1 Å². The van der Waals surface area contributed by atoms with Crippen molar-refractivity contribution in [3.8, 4) is 0 Å². The summed E-state index contributed by atoms with van der Waals surface area (Å²) in [6.07, 6.45) is 0.244. The molecule has 0 aliphatic heterocycles. The lowest BCUT2D eigenvalue weighted by atomic mass is 10.2. The molecule has 0 spiro atoms. The molecule has 1 N–H and O–H groups in total. The number of nitrogens with zero attached hydrogens (tertiary/aromatic N) is 1. The van der Waals surface area contributed by atoms with Crippen LogP contribution < -0.4 is 5.32 Å². The number of halogens is 2. The van der Waals surface area contributed by atoms with Gasteiger partial charge in [-0.25, -0.2) is 4.98 Å². The van der Waals surface area contributed by atoms with Gasteiger partial charge in [0.25, 0.3) is 0 Å². The van der Waals surface area contributed by atoms with Gasteiger partial charge in [0.05, 0.1) is 18.0 Å². The fourth-order valence-electron chi connectivity index (χ4n) is 1.55. The molecule has 2 rings (SSSR count). The molecule has 0 atom stereocenters. The van der Waals surface area contributed by atoms with Crippen molar-refractivity contribution in [3.05, 3.63) is 44.9 Å². The van der Waals surface area contributed by atoms with Crippen molar-refractivity contribution in [2.75, 3.05) is 5.32 Å². The normalized spacial score (nSPS) is 10.5. The molecule has 0 unspecified atom stereocenters. The van der Waals surface area contributed by atoms with Crippen molar-refractivity contribution < 1.29 is 4.79 Å². The molecule has 1 aromatic heterocycles. The van der Waals surface area contributed by atoms with Crippen LogP contribution in [0, 0.1) is 6.92 Å². The molecular weight excluding hydrogens is 303 g/mol. The standard InChI is InChI=1S/C13H12Cl2N2OS/c1-8-2-3-9(15)4-11(8)17-12(18)5-13-16-10(6-14)7-19-13/h2-4,7H,5-6H2,1H3,(H,17,18). The largest absolute Gasteiger partial charge is 0.325 e. The van der Waals surface area contributed by atoms with Crippen molar-refractivity contribution in [1.29, 1.82) is 0 Å². The van der Waals surface area contributed by atoms with Gasteiger partial charge < -0.3 is 5.32 Å². The van der Waals surface area contributed by atoms with E-state index in [1.165, 1.54) is 11.3 Å². The average Bonchev–Trinajstić information content (AvgIpc) is 2.81. The Kier molecular flexibility index (Phi) is 4.80. The third kappa shape index (κ3) is 3.93. The van der Waals surface area contributed by atoms with E-state index in [0.717, 1.165) is 22.0 Å². The first kappa shape index (κ1) is 14.3. The molecule has 19 heavy (non-hydrogen) atoms. The first-order chi connectivity index (χ1) is 9.08. The van der Waals surface area contributed by atoms with Crippen LogP contribution >= 0.6 is 34.5 Å². The Bertz CT molecular complexity index is 598. The number of carbonyl (C=O) groups excluding carboxylic acids is 1. The van der Waals surface area contributed by atoms with E-state index in [2.05, 4.69) is 10.3 Å². The second-order valence-electron chi connectivity index (χ2n) is 4.05. The van der Waals surface area contributed by atoms with Crippen molar-refractivity contribution in [2.24, 2.45) is 0 Å². The highest BCUT2D eigenvalue weighted by atomic mass is 35.5. The summed E-state index contributed by atoms with van der Waals surface area (Å²) in [5.41, 5.74) is 2.50. The first-order valence-corrected chi connectivity index (χ1v) is 7.43. The van der Waals surface area contributed by atoms with Crippen LogP contribution in [0.15, 0.2) is 23.6 Å². The summed E-state index contributed by atoms with van der Waals surface area (Å²) in [5, 5.41) is 6.05. The van der Waals surface area contributed by atoms with Crippen LogP contribution in [0.5, 0.6) is 0 Å². The number of rotatable bonds is 4. The quantitative estimate of drug-likeness (QED) is 0.866. The van der Waals surface area contributed by atoms with E-state index in [1.54, 1.807) is 12.1 Å². The third-order valence-electron chi connectivity index (χ3n) is 2.52. The van der Waals surface area contributed by atoms with Gasteiger partial charge in [0, 0.05) is 16.1 Å². The number of aromatic nitrogens is 1. The molecule has 0 saturated carbocycles. The van der Waals surface area contributed by atoms with Crippen LogP contribution in [0.4, 0.5) is 5.69 Å². The number of nitrogens with one attached hydrogen (secondary N) is 1. The average molecular weight is 315 g/mol. The number of alkyl halides is 1. The molecule has 0 aliphatic rings. The van der Waals surface area contributed by atoms with Gasteiger partial charge in [0.15, 0.2) is 0 Å². The first-order valence-electron chi connectivity index (χ1n) is 5.63. The second kappa shape index (κ2) is 6.37. The fraction of sp³-hybridized carbons (Fsp3) is 0.231. The molecule has 0 saturated heterocycles. The minimum Gasteiger partial charge on any atom is -0.325 e. The molecule has 1 heterocycles. The van der Waals surface area contributed by atoms with E-state index in [-0.39, 0.29) is 12.3 Å². The minimum absolute atomic E-state index is 0.110. The molecule has 0 radical (unpaired) electrons. The Morgan fingerprint density at radius 1 is 1.47 bits per heavy atom. The Morgan fingerprint density at radius 2 is 2.26 bits per heavy atom. The molecule has 2 aromatic rings. The van der Waals surface area contributed by atoms with Gasteiger partial charge in [-0.2, -0.15) is 0 Å². The van der Waals surface area contributed by atoms with E-state index < -0.39 is 0 Å². The van der Waals surface area contributed by atoms with Crippen molar-refractivity contribution in [2.45, 2.75) is 19.2 Å². The van der Waals surface area contributed by atoms with E-state index in [0.29, 0.717) is 10.9 Å². The Labute approximate surface area is 125 Å². The molecule has 3 nitrogen and oxygen atoms in total. The lowest BCUT2D eigenvalue weighted by molar-refractivity contribution is -0.115. The van der Waals surface area contributed by atoms with Gasteiger partial charge in [0.1, 0.15) is 5.01 Å². The Balaban J connectivity index is 2.03. The lowest BCUT2D eigenvalue weighted by Gasteiger charge is -2.07. The highest BCUT2D eigenvalue weighted by molar-refractivity contribution is 7.09. The molecule has 1 amide bonds. The third-order valence-corrected chi connectivity index (χ3v) is 3.93. The van der Waals surface area contributed by atoms with Crippen molar-refractivity contribution in [1.82, 2.24) is 4.98 Å². The second-order valence-corrected chi connectivity index (χ2v) is 5.70. The summed E-state index contributed by atoms with van der Waals surface area (Å²) < 4.78 is 0.